The van der Waals surface area contributed by atoms with E-state index in [-0.39, 0.29) is 5.91 Å². The number of nitrogens with zero attached hydrogens (tertiary/aromatic N) is 2. The van der Waals surface area contributed by atoms with Gasteiger partial charge in [0.05, 0.1) is 19.8 Å². The third-order valence-corrected chi connectivity index (χ3v) is 6.96. The van der Waals surface area contributed by atoms with Crippen molar-refractivity contribution >= 4 is 23.2 Å². The number of thiophene rings is 1. The van der Waals surface area contributed by atoms with Crippen LogP contribution in [0.15, 0.2) is 12.1 Å². The number of likely N-dealkylation sites (tertiary alicyclic amines) is 1. The Morgan fingerprint density at radius 1 is 1.22 bits per heavy atom. The molecular weight excluding hydrogens is 449 g/mol. The average Bonchev–Trinajstić information content (AvgIpc) is 3.34. The normalized spacial score (nSPS) is 26.2. The molecule has 3 saturated heterocycles. The van der Waals surface area contributed by atoms with E-state index in [0.717, 1.165) is 45.6 Å². The van der Waals surface area contributed by atoms with Crippen LogP contribution in [-0.2, 0) is 25.7 Å². The highest BCUT2D eigenvalue weighted by Crippen LogP contribution is 2.37. The Kier molecular flexibility index (Phi) is 8.54. The number of hydrogen-bond acceptors (Lipinski definition) is 6. The second kappa shape index (κ2) is 11.0. The Morgan fingerprint density at radius 3 is 2.56 bits per heavy atom. The molecule has 7 nitrogen and oxygen atoms in total. The first-order valence-corrected chi connectivity index (χ1v) is 11.5. The van der Waals surface area contributed by atoms with Gasteiger partial charge in [0.1, 0.15) is 0 Å². The predicted molar refractivity (Wildman–Crippen MR) is 111 cm³/mol. The second-order valence-electron chi connectivity index (χ2n) is 8.47. The number of ether oxygens (including phenoxy) is 1. The largest absolute Gasteiger partial charge is 0.490 e. The summed E-state index contributed by atoms with van der Waals surface area (Å²) in [6.45, 7) is 8.34. The third kappa shape index (κ3) is 6.90. The number of hydrogen-bond donors (Lipinski definition) is 1. The lowest BCUT2D eigenvalue weighted by Crippen LogP contribution is -2.41. The van der Waals surface area contributed by atoms with Crippen molar-refractivity contribution in [3.05, 3.63) is 21.9 Å². The second-order valence-corrected chi connectivity index (χ2v) is 9.84. The van der Waals surface area contributed by atoms with Gasteiger partial charge in [0.15, 0.2) is 0 Å². The van der Waals surface area contributed by atoms with Crippen molar-refractivity contribution in [1.82, 2.24) is 9.96 Å². The minimum absolute atomic E-state index is 0.140. The third-order valence-electron chi connectivity index (χ3n) is 5.97. The van der Waals surface area contributed by atoms with Gasteiger partial charge in [-0.25, -0.2) is 9.86 Å². The average molecular weight is 479 g/mol. The summed E-state index contributed by atoms with van der Waals surface area (Å²) in [6, 6.07) is 4.44. The quantitative estimate of drug-likeness (QED) is 0.715. The number of aliphatic carboxylic acids is 1. The van der Waals surface area contributed by atoms with Gasteiger partial charge in [-0.3, -0.25) is 14.5 Å². The molecule has 0 spiro atoms. The molecule has 0 unspecified atom stereocenters. The monoisotopic (exact) mass is 478 g/mol. The highest BCUT2D eigenvalue weighted by molar-refractivity contribution is 7.11. The first-order chi connectivity index (χ1) is 15.1. The molecule has 0 aliphatic carbocycles. The van der Waals surface area contributed by atoms with Crippen molar-refractivity contribution in [2.24, 2.45) is 17.8 Å². The molecule has 11 heteroatoms. The lowest BCUT2D eigenvalue weighted by atomic mass is 9.81. The number of amides is 1. The molecule has 1 N–H and O–H groups in total. The number of carbonyl (C=O) groups is 2. The number of carboxylic acid groups (broad SMARTS) is 1. The summed E-state index contributed by atoms with van der Waals surface area (Å²) in [7, 11) is 0. The molecule has 3 atom stereocenters. The maximum atomic E-state index is 12.6. The van der Waals surface area contributed by atoms with Crippen LogP contribution in [0.2, 0.25) is 0 Å². The molecule has 180 valence electrons. The molecule has 3 aliphatic heterocycles. The van der Waals surface area contributed by atoms with Crippen molar-refractivity contribution in [1.29, 1.82) is 0 Å². The van der Waals surface area contributed by atoms with Crippen molar-refractivity contribution in [2.45, 2.75) is 38.9 Å². The molecular formula is C21H29F3N2O5S. The molecule has 0 aromatic carbocycles. The van der Waals surface area contributed by atoms with E-state index < -0.39 is 12.1 Å². The van der Waals surface area contributed by atoms with Crippen molar-refractivity contribution < 1.29 is 37.4 Å². The van der Waals surface area contributed by atoms with Gasteiger partial charge in [0, 0.05) is 42.4 Å². The lowest BCUT2D eigenvalue weighted by molar-refractivity contribution is -0.199. The van der Waals surface area contributed by atoms with E-state index in [1.807, 2.05) is 11.3 Å². The van der Waals surface area contributed by atoms with Gasteiger partial charge in [-0.1, -0.05) is 0 Å². The maximum absolute atomic E-state index is 12.6. The first kappa shape index (κ1) is 24.9. The van der Waals surface area contributed by atoms with Gasteiger partial charge < -0.3 is 9.84 Å². The molecule has 1 amide bonds. The molecule has 0 radical (unpaired) electrons. The van der Waals surface area contributed by atoms with E-state index in [2.05, 4.69) is 24.0 Å². The summed E-state index contributed by atoms with van der Waals surface area (Å²) in [5, 5.41) is 8.72. The Bertz CT molecular complexity index is 782. The molecule has 3 fully saturated rings. The fraction of sp³-hybridized carbons (Fsp3) is 0.714. The Labute approximate surface area is 189 Å². The SMILES string of the molecule is Cc1ccc(CN2C[C@@H]3COC[C@@H](CC(=O)N4CCCCO4)[C@@H]3C2)s1.O=C(O)C(F)(F)F. The van der Waals surface area contributed by atoms with E-state index in [0.29, 0.717) is 37.4 Å². The summed E-state index contributed by atoms with van der Waals surface area (Å²) in [4.78, 5) is 32.3. The summed E-state index contributed by atoms with van der Waals surface area (Å²) < 4.78 is 37.6. The molecule has 3 aliphatic rings. The topological polar surface area (TPSA) is 79.3 Å². The minimum atomic E-state index is -5.08. The summed E-state index contributed by atoms with van der Waals surface area (Å²) in [5.41, 5.74) is 0. The van der Waals surface area contributed by atoms with E-state index in [4.69, 9.17) is 19.5 Å². The van der Waals surface area contributed by atoms with E-state index >= 15 is 0 Å². The molecule has 4 rings (SSSR count). The zero-order valence-electron chi connectivity index (χ0n) is 18.0. The van der Waals surface area contributed by atoms with Gasteiger partial charge >= 0.3 is 12.1 Å². The van der Waals surface area contributed by atoms with Crippen molar-refractivity contribution in [3.63, 3.8) is 0 Å². The van der Waals surface area contributed by atoms with Gasteiger partial charge in [0.25, 0.3) is 0 Å². The number of alkyl halides is 3. The molecule has 32 heavy (non-hydrogen) atoms. The summed E-state index contributed by atoms with van der Waals surface area (Å²) in [6.07, 6.45) is -2.42. The Balaban J connectivity index is 0.000000360. The predicted octanol–water partition coefficient (Wildman–Crippen LogP) is 3.33. The van der Waals surface area contributed by atoms with Crippen LogP contribution < -0.4 is 0 Å². The highest BCUT2D eigenvalue weighted by atomic mass is 32.1. The summed E-state index contributed by atoms with van der Waals surface area (Å²) in [5.74, 6) is -1.15. The minimum Gasteiger partial charge on any atom is -0.475 e. The van der Waals surface area contributed by atoms with Crippen LogP contribution >= 0.6 is 11.3 Å². The van der Waals surface area contributed by atoms with Crippen LogP contribution in [0.5, 0.6) is 0 Å². The number of fused-ring (bicyclic) bond motifs is 1. The Hall–Kier alpha value is -1.69. The van der Waals surface area contributed by atoms with Crippen LogP contribution in [0.4, 0.5) is 13.2 Å². The molecule has 1 aromatic rings. The number of aryl methyl sites for hydroxylation is 1. The number of carbonyl (C=O) groups excluding carboxylic acids is 1. The number of halogens is 3. The number of rotatable bonds is 4. The Morgan fingerprint density at radius 2 is 1.97 bits per heavy atom. The van der Waals surface area contributed by atoms with Crippen LogP contribution in [0.25, 0.3) is 0 Å². The molecule has 0 bridgehead atoms. The fourth-order valence-electron chi connectivity index (χ4n) is 4.44. The zero-order chi connectivity index (χ0) is 23.3. The first-order valence-electron chi connectivity index (χ1n) is 10.7. The van der Waals surface area contributed by atoms with Gasteiger partial charge in [-0.2, -0.15) is 13.2 Å². The van der Waals surface area contributed by atoms with E-state index in [1.165, 1.54) is 9.75 Å². The van der Waals surface area contributed by atoms with E-state index in [9.17, 15) is 18.0 Å². The van der Waals surface area contributed by atoms with Gasteiger partial charge in [0.2, 0.25) is 5.91 Å². The molecule has 1 aromatic heterocycles. The maximum Gasteiger partial charge on any atom is 0.490 e. The van der Waals surface area contributed by atoms with E-state index in [1.54, 1.807) is 5.06 Å². The van der Waals surface area contributed by atoms with Crippen LogP contribution in [0.3, 0.4) is 0 Å². The van der Waals surface area contributed by atoms with Crippen molar-refractivity contribution in [3.8, 4) is 0 Å². The van der Waals surface area contributed by atoms with Gasteiger partial charge in [-0.05, 0) is 49.7 Å². The summed E-state index contributed by atoms with van der Waals surface area (Å²) >= 11 is 1.89. The van der Waals surface area contributed by atoms with Crippen LogP contribution in [-0.4, -0.2) is 72.6 Å². The van der Waals surface area contributed by atoms with Crippen LogP contribution in [0, 0.1) is 24.7 Å². The molecule has 0 saturated carbocycles. The molecule has 4 heterocycles. The lowest BCUT2D eigenvalue weighted by Gasteiger charge is -2.34. The highest BCUT2D eigenvalue weighted by Gasteiger charge is 2.42. The number of hydroxylamine groups is 2. The fourth-order valence-corrected chi connectivity index (χ4v) is 5.38. The number of carboxylic acids is 1. The van der Waals surface area contributed by atoms with Crippen LogP contribution in [0.1, 0.15) is 29.0 Å². The standard InChI is InChI=1S/C19H28N2O3S.C2HF3O2/c1-14-4-5-17(25-14)10-20-9-16-13-23-12-15(18(16)11-20)8-19(22)21-6-2-3-7-24-21;3-2(4,5)1(6)7/h4-5,15-16,18H,2-3,6-13H2,1H3;(H,6,7)/t15-,16-,18+;/m1./s1. The smallest absolute Gasteiger partial charge is 0.475 e. The van der Waals surface area contributed by atoms with Crippen molar-refractivity contribution in [2.75, 3.05) is 39.5 Å². The van der Waals surface area contributed by atoms with Gasteiger partial charge in [-0.15, -0.1) is 11.3 Å². The zero-order valence-corrected chi connectivity index (χ0v) is 18.8.